The van der Waals surface area contributed by atoms with Gasteiger partial charge in [0, 0.05) is 5.02 Å². The number of amides is 2. The molecule has 0 spiro atoms. The van der Waals surface area contributed by atoms with Crippen molar-refractivity contribution in [1.82, 2.24) is 0 Å². The van der Waals surface area contributed by atoms with Gasteiger partial charge in [0.25, 0.3) is 11.8 Å². The summed E-state index contributed by atoms with van der Waals surface area (Å²) in [6, 6.07) is 19.3. The molecular formula is C24H18ClFN2O3. The van der Waals surface area contributed by atoms with Gasteiger partial charge in [0.15, 0.2) is 0 Å². The van der Waals surface area contributed by atoms with Crippen molar-refractivity contribution in [1.29, 1.82) is 0 Å². The van der Waals surface area contributed by atoms with E-state index in [1.165, 1.54) is 18.2 Å². The Labute approximate surface area is 183 Å². The molecule has 0 radical (unpaired) electrons. The first-order valence-electron chi connectivity index (χ1n) is 9.63. The first-order chi connectivity index (χ1) is 15.0. The summed E-state index contributed by atoms with van der Waals surface area (Å²) in [6.07, 6.45) is 0. The molecule has 1 aliphatic rings. The summed E-state index contributed by atoms with van der Waals surface area (Å²) in [5.74, 6) is -1.44. The summed E-state index contributed by atoms with van der Waals surface area (Å²) in [5, 5.41) is 3.53. The minimum absolute atomic E-state index is 0.0303. The van der Waals surface area contributed by atoms with E-state index < -0.39 is 17.6 Å². The molecule has 1 aliphatic heterocycles. The third-order valence-electron chi connectivity index (χ3n) is 4.76. The second-order valence-corrected chi connectivity index (χ2v) is 7.14. The highest BCUT2D eigenvalue weighted by Gasteiger charge is 2.41. The van der Waals surface area contributed by atoms with E-state index in [1.807, 2.05) is 6.92 Å². The average Bonchev–Trinajstić information content (AvgIpc) is 3.00. The van der Waals surface area contributed by atoms with Crippen LogP contribution in [0.4, 0.5) is 15.8 Å². The Kier molecular flexibility index (Phi) is 5.73. The fourth-order valence-electron chi connectivity index (χ4n) is 3.37. The van der Waals surface area contributed by atoms with E-state index >= 15 is 0 Å². The number of nitrogens with one attached hydrogen (secondary N) is 1. The van der Waals surface area contributed by atoms with E-state index in [4.69, 9.17) is 16.3 Å². The van der Waals surface area contributed by atoms with Crippen LogP contribution in [0.5, 0.6) is 5.75 Å². The summed E-state index contributed by atoms with van der Waals surface area (Å²) < 4.78 is 20.1. The van der Waals surface area contributed by atoms with Crippen LogP contribution in [0.15, 0.2) is 78.5 Å². The lowest BCUT2D eigenvalue weighted by Crippen LogP contribution is -2.33. The highest BCUT2D eigenvalue weighted by atomic mass is 35.5. The molecule has 7 heteroatoms. The molecule has 2 amide bonds. The van der Waals surface area contributed by atoms with Crippen molar-refractivity contribution in [3.8, 4) is 5.75 Å². The van der Waals surface area contributed by atoms with E-state index in [0.717, 1.165) is 4.90 Å². The van der Waals surface area contributed by atoms with Crippen LogP contribution in [0.2, 0.25) is 5.02 Å². The molecule has 0 aliphatic carbocycles. The Hall–Kier alpha value is -3.64. The topological polar surface area (TPSA) is 58.6 Å². The number of para-hydroxylation sites is 3. The third kappa shape index (κ3) is 3.90. The van der Waals surface area contributed by atoms with Crippen LogP contribution in [0.3, 0.4) is 0 Å². The molecule has 4 rings (SSSR count). The number of hydrogen-bond donors (Lipinski definition) is 1. The van der Waals surface area contributed by atoms with Gasteiger partial charge in [-0.1, -0.05) is 48.0 Å². The van der Waals surface area contributed by atoms with Gasteiger partial charge in [0.1, 0.15) is 17.3 Å². The van der Waals surface area contributed by atoms with Crippen molar-refractivity contribution in [2.24, 2.45) is 0 Å². The van der Waals surface area contributed by atoms with Gasteiger partial charge in [0.05, 0.1) is 23.6 Å². The van der Waals surface area contributed by atoms with Gasteiger partial charge in [-0.05, 0) is 48.9 Å². The Morgan fingerprint density at radius 1 is 0.935 bits per heavy atom. The van der Waals surface area contributed by atoms with E-state index in [2.05, 4.69) is 5.32 Å². The summed E-state index contributed by atoms with van der Waals surface area (Å²) in [4.78, 5) is 27.5. The number of anilines is 2. The molecule has 0 aromatic heterocycles. The molecule has 5 nitrogen and oxygen atoms in total. The summed E-state index contributed by atoms with van der Waals surface area (Å²) in [7, 11) is 0. The quantitative estimate of drug-likeness (QED) is 0.534. The van der Waals surface area contributed by atoms with Crippen LogP contribution in [0.25, 0.3) is 5.57 Å². The largest absolute Gasteiger partial charge is 0.492 e. The van der Waals surface area contributed by atoms with E-state index in [-0.39, 0.29) is 17.0 Å². The van der Waals surface area contributed by atoms with Crippen LogP contribution in [-0.4, -0.2) is 18.4 Å². The molecular weight excluding hydrogens is 419 g/mol. The summed E-state index contributed by atoms with van der Waals surface area (Å²) in [6.45, 7) is 2.27. The number of carbonyl (C=O) groups is 2. The summed E-state index contributed by atoms with van der Waals surface area (Å²) >= 11 is 5.99. The second-order valence-electron chi connectivity index (χ2n) is 6.71. The number of rotatable bonds is 6. The Balaban J connectivity index is 1.84. The van der Waals surface area contributed by atoms with Gasteiger partial charge < -0.3 is 10.1 Å². The lowest BCUT2D eigenvalue weighted by Gasteiger charge is -2.16. The van der Waals surface area contributed by atoms with Crippen molar-refractivity contribution < 1.29 is 18.7 Å². The van der Waals surface area contributed by atoms with Gasteiger partial charge in [0.2, 0.25) is 0 Å². The molecule has 0 unspecified atom stereocenters. The monoisotopic (exact) mass is 436 g/mol. The van der Waals surface area contributed by atoms with Gasteiger partial charge in [-0.3, -0.25) is 9.59 Å². The molecule has 3 aromatic rings. The smallest absolute Gasteiger partial charge is 0.282 e. The average molecular weight is 437 g/mol. The Morgan fingerprint density at radius 3 is 2.32 bits per heavy atom. The first kappa shape index (κ1) is 20.6. The van der Waals surface area contributed by atoms with Crippen molar-refractivity contribution >= 4 is 40.4 Å². The number of imide groups is 1. The van der Waals surface area contributed by atoms with Gasteiger partial charge in [-0.15, -0.1) is 0 Å². The lowest BCUT2D eigenvalue weighted by atomic mass is 10.0. The zero-order valence-corrected chi connectivity index (χ0v) is 17.3. The van der Waals surface area contributed by atoms with Crippen molar-refractivity contribution in [3.63, 3.8) is 0 Å². The molecule has 31 heavy (non-hydrogen) atoms. The molecule has 0 saturated carbocycles. The van der Waals surface area contributed by atoms with Crippen molar-refractivity contribution in [2.45, 2.75) is 6.92 Å². The van der Waals surface area contributed by atoms with E-state index in [1.54, 1.807) is 54.6 Å². The number of carbonyl (C=O) groups excluding carboxylic acids is 2. The standard InChI is InChI=1S/C24H18ClFN2O3/c1-2-31-20-10-6-4-8-18(20)27-22-21(15-11-13-16(25)14-12-15)23(29)28(24(22)30)19-9-5-3-7-17(19)26/h3-14,27H,2H2,1H3. The normalized spacial score (nSPS) is 13.7. The number of benzene rings is 3. The van der Waals surface area contributed by atoms with Crippen LogP contribution in [0.1, 0.15) is 12.5 Å². The highest BCUT2D eigenvalue weighted by molar-refractivity contribution is 6.46. The SMILES string of the molecule is CCOc1ccccc1NC1=C(c2ccc(Cl)cc2)C(=O)N(c2ccccc2F)C1=O. The van der Waals surface area contributed by atoms with Gasteiger partial charge >= 0.3 is 0 Å². The molecule has 3 aromatic carbocycles. The maximum absolute atomic E-state index is 14.5. The number of ether oxygens (including phenoxy) is 1. The minimum Gasteiger partial charge on any atom is -0.492 e. The Morgan fingerprint density at radius 2 is 1.61 bits per heavy atom. The zero-order valence-electron chi connectivity index (χ0n) is 16.6. The maximum atomic E-state index is 14.5. The molecule has 1 N–H and O–H groups in total. The molecule has 0 bridgehead atoms. The number of nitrogens with zero attached hydrogens (tertiary/aromatic N) is 1. The van der Waals surface area contributed by atoms with Gasteiger partial charge in [-0.25, -0.2) is 9.29 Å². The summed E-state index contributed by atoms with van der Waals surface area (Å²) in [5.41, 5.74) is 1.04. The predicted octanol–water partition coefficient (Wildman–Crippen LogP) is 5.27. The fraction of sp³-hybridized carbons (Fsp3) is 0.0833. The van der Waals surface area contributed by atoms with Crippen LogP contribution in [-0.2, 0) is 9.59 Å². The molecule has 1 heterocycles. The van der Waals surface area contributed by atoms with Gasteiger partial charge in [-0.2, -0.15) is 0 Å². The van der Waals surface area contributed by atoms with Crippen molar-refractivity contribution in [2.75, 3.05) is 16.8 Å². The second kappa shape index (κ2) is 8.62. The van der Waals surface area contributed by atoms with E-state index in [9.17, 15) is 14.0 Å². The number of halogens is 2. The molecule has 156 valence electrons. The molecule has 0 atom stereocenters. The maximum Gasteiger partial charge on any atom is 0.282 e. The van der Waals surface area contributed by atoms with E-state index in [0.29, 0.717) is 28.6 Å². The Bertz CT molecular complexity index is 1190. The third-order valence-corrected chi connectivity index (χ3v) is 5.01. The molecule has 0 fully saturated rings. The zero-order chi connectivity index (χ0) is 22.0. The first-order valence-corrected chi connectivity index (χ1v) is 10.0. The van der Waals surface area contributed by atoms with Crippen LogP contribution < -0.4 is 15.0 Å². The van der Waals surface area contributed by atoms with Crippen LogP contribution >= 0.6 is 11.6 Å². The predicted molar refractivity (Wildman–Crippen MR) is 118 cm³/mol. The molecule has 0 saturated heterocycles. The minimum atomic E-state index is -0.671. The lowest BCUT2D eigenvalue weighted by molar-refractivity contribution is -0.120. The van der Waals surface area contributed by atoms with Crippen molar-refractivity contribution in [3.05, 3.63) is 94.9 Å². The highest BCUT2D eigenvalue weighted by Crippen LogP contribution is 2.36. The number of hydrogen-bond acceptors (Lipinski definition) is 4. The van der Waals surface area contributed by atoms with Crippen LogP contribution in [0, 0.1) is 5.82 Å². The fourth-order valence-corrected chi connectivity index (χ4v) is 3.49.